The first kappa shape index (κ1) is 21.7. The second kappa shape index (κ2) is 8.89. The number of rotatable bonds is 7. The van der Waals surface area contributed by atoms with Crippen LogP contribution in [0.2, 0.25) is 0 Å². The number of hydrogen-bond acceptors (Lipinski definition) is 4. The largest absolute Gasteiger partial charge is 0.361 e. The van der Waals surface area contributed by atoms with E-state index in [1.165, 1.54) is 22.1 Å². The van der Waals surface area contributed by atoms with Crippen molar-refractivity contribution in [3.63, 3.8) is 0 Å². The van der Waals surface area contributed by atoms with Crippen LogP contribution in [0.5, 0.6) is 0 Å². The van der Waals surface area contributed by atoms with E-state index in [-0.39, 0.29) is 11.5 Å². The summed E-state index contributed by atoms with van der Waals surface area (Å²) in [5.74, 6) is 1.71. The number of para-hydroxylation sites is 1. The molecule has 162 valence electrons. The van der Waals surface area contributed by atoms with E-state index in [2.05, 4.69) is 89.9 Å². The Balaban J connectivity index is 1.47. The molecule has 1 unspecified atom stereocenters. The molecule has 4 aromatic rings. The van der Waals surface area contributed by atoms with Crippen LogP contribution >= 0.6 is 11.8 Å². The zero-order valence-electron chi connectivity index (χ0n) is 18.7. The van der Waals surface area contributed by atoms with Gasteiger partial charge < -0.3 is 15.3 Å². The van der Waals surface area contributed by atoms with Crippen LogP contribution in [0.3, 0.4) is 0 Å². The minimum Gasteiger partial charge on any atom is -0.361 e. The topological polar surface area (TPSA) is 72.5 Å². The van der Waals surface area contributed by atoms with E-state index in [0.29, 0.717) is 0 Å². The standard InChI is InChI=1S/C25H31N5S/c1-5-30-23(21(26)14-18-15-27-22-9-7-6-8-20(18)22)28-29-24(30)31-16-17-10-12-19(13-11-17)25(2,3)4/h6-13,15,21,27H,5,14,16,26H2,1-4H3. The molecule has 0 aliphatic rings. The summed E-state index contributed by atoms with van der Waals surface area (Å²) in [5.41, 5.74) is 11.7. The Kier molecular flexibility index (Phi) is 6.21. The lowest BCUT2D eigenvalue weighted by Crippen LogP contribution is -2.19. The highest BCUT2D eigenvalue weighted by molar-refractivity contribution is 7.98. The lowest BCUT2D eigenvalue weighted by Gasteiger charge is -2.19. The Morgan fingerprint density at radius 1 is 1.06 bits per heavy atom. The molecule has 0 saturated carbocycles. The number of fused-ring (bicyclic) bond motifs is 1. The van der Waals surface area contributed by atoms with Gasteiger partial charge >= 0.3 is 0 Å². The molecule has 0 saturated heterocycles. The van der Waals surface area contributed by atoms with Crippen LogP contribution in [0, 0.1) is 0 Å². The van der Waals surface area contributed by atoms with Crippen molar-refractivity contribution >= 4 is 22.7 Å². The Bertz CT molecular complexity index is 1150. The average molecular weight is 434 g/mol. The second-order valence-electron chi connectivity index (χ2n) is 8.99. The van der Waals surface area contributed by atoms with E-state index < -0.39 is 0 Å². The summed E-state index contributed by atoms with van der Waals surface area (Å²) in [7, 11) is 0. The highest BCUT2D eigenvalue weighted by atomic mass is 32.2. The summed E-state index contributed by atoms with van der Waals surface area (Å²) in [4.78, 5) is 3.33. The van der Waals surface area contributed by atoms with Crippen molar-refractivity contribution < 1.29 is 0 Å². The maximum absolute atomic E-state index is 6.59. The van der Waals surface area contributed by atoms with Crippen LogP contribution in [0.1, 0.15) is 56.3 Å². The minimum atomic E-state index is -0.202. The summed E-state index contributed by atoms with van der Waals surface area (Å²) in [5, 5.41) is 11.1. The minimum absolute atomic E-state index is 0.171. The van der Waals surface area contributed by atoms with Gasteiger partial charge in [0.2, 0.25) is 0 Å². The quantitative estimate of drug-likeness (QED) is 0.372. The van der Waals surface area contributed by atoms with Crippen LogP contribution in [-0.2, 0) is 24.1 Å². The van der Waals surface area contributed by atoms with Crippen LogP contribution in [0.15, 0.2) is 59.9 Å². The zero-order chi connectivity index (χ0) is 22.0. The number of thioether (sulfide) groups is 1. The predicted molar refractivity (Wildman–Crippen MR) is 129 cm³/mol. The average Bonchev–Trinajstić information content (AvgIpc) is 3.36. The van der Waals surface area contributed by atoms with Crippen LogP contribution in [0.4, 0.5) is 0 Å². The van der Waals surface area contributed by atoms with Crippen molar-refractivity contribution in [3.8, 4) is 0 Å². The van der Waals surface area contributed by atoms with Crippen molar-refractivity contribution in [2.75, 3.05) is 0 Å². The van der Waals surface area contributed by atoms with Crippen LogP contribution < -0.4 is 5.73 Å². The number of benzene rings is 2. The SMILES string of the molecule is CCn1c(SCc2ccc(C(C)(C)C)cc2)nnc1C(N)Cc1c[nH]c2ccccc12. The normalized spacial score (nSPS) is 13.1. The van der Waals surface area contributed by atoms with E-state index in [4.69, 9.17) is 5.73 Å². The molecule has 0 amide bonds. The summed E-state index contributed by atoms with van der Waals surface area (Å²) >= 11 is 1.71. The number of hydrogen-bond donors (Lipinski definition) is 2. The third kappa shape index (κ3) is 4.70. The Morgan fingerprint density at radius 2 is 1.81 bits per heavy atom. The van der Waals surface area contributed by atoms with Gasteiger partial charge in [-0.3, -0.25) is 0 Å². The molecule has 0 fully saturated rings. The van der Waals surface area contributed by atoms with Crippen molar-refractivity contribution in [3.05, 3.63) is 77.2 Å². The number of H-pyrrole nitrogens is 1. The first-order valence-corrected chi connectivity index (χ1v) is 11.8. The Morgan fingerprint density at radius 3 is 2.52 bits per heavy atom. The predicted octanol–water partition coefficient (Wildman–Crippen LogP) is 5.61. The number of nitrogens with one attached hydrogen (secondary N) is 1. The Labute approximate surface area is 188 Å². The van der Waals surface area contributed by atoms with Gasteiger partial charge in [-0.1, -0.05) is 75.0 Å². The maximum atomic E-state index is 6.59. The molecule has 3 N–H and O–H groups in total. The van der Waals surface area contributed by atoms with Crippen molar-refractivity contribution in [2.24, 2.45) is 5.73 Å². The molecule has 5 nitrogen and oxygen atoms in total. The molecule has 1 atom stereocenters. The van der Waals surface area contributed by atoms with Gasteiger partial charge in [0.25, 0.3) is 0 Å². The molecule has 2 aromatic heterocycles. The fourth-order valence-corrected chi connectivity index (χ4v) is 4.82. The molecule has 2 aromatic carbocycles. The fraction of sp³-hybridized carbons (Fsp3) is 0.360. The maximum Gasteiger partial charge on any atom is 0.191 e. The van der Waals surface area contributed by atoms with Crippen molar-refractivity contribution in [1.82, 2.24) is 19.7 Å². The summed E-state index contributed by atoms with van der Waals surface area (Å²) in [6.45, 7) is 9.63. The van der Waals surface area contributed by atoms with Crippen LogP contribution in [-0.4, -0.2) is 19.7 Å². The van der Waals surface area contributed by atoms with Gasteiger partial charge in [0, 0.05) is 29.4 Å². The first-order valence-electron chi connectivity index (χ1n) is 10.8. The monoisotopic (exact) mass is 433 g/mol. The third-order valence-electron chi connectivity index (χ3n) is 5.70. The van der Waals surface area contributed by atoms with Crippen molar-refractivity contribution in [1.29, 1.82) is 0 Å². The molecule has 0 radical (unpaired) electrons. The number of aromatic nitrogens is 4. The van der Waals surface area contributed by atoms with E-state index in [1.807, 2.05) is 12.3 Å². The fourth-order valence-electron chi connectivity index (χ4n) is 3.86. The van der Waals surface area contributed by atoms with Gasteiger partial charge in [-0.25, -0.2) is 0 Å². The van der Waals surface area contributed by atoms with Gasteiger partial charge in [0.15, 0.2) is 11.0 Å². The lowest BCUT2D eigenvalue weighted by molar-refractivity contribution is 0.576. The molecular formula is C25H31N5S. The zero-order valence-corrected chi connectivity index (χ0v) is 19.5. The molecule has 4 rings (SSSR count). The number of aromatic amines is 1. The summed E-state index contributed by atoms with van der Waals surface area (Å²) in [6.07, 6.45) is 2.77. The van der Waals surface area contributed by atoms with Crippen LogP contribution in [0.25, 0.3) is 10.9 Å². The molecule has 31 heavy (non-hydrogen) atoms. The molecule has 0 aliphatic heterocycles. The lowest BCUT2D eigenvalue weighted by atomic mass is 9.87. The first-order chi connectivity index (χ1) is 14.9. The molecular weight excluding hydrogens is 402 g/mol. The molecule has 0 aliphatic carbocycles. The smallest absolute Gasteiger partial charge is 0.191 e. The third-order valence-corrected chi connectivity index (χ3v) is 6.73. The van der Waals surface area contributed by atoms with Crippen molar-refractivity contribution in [2.45, 2.75) is 63.0 Å². The molecule has 2 heterocycles. The summed E-state index contributed by atoms with van der Waals surface area (Å²) < 4.78 is 2.15. The number of nitrogens with zero attached hydrogens (tertiary/aromatic N) is 3. The van der Waals surface area contributed by atoms with Gasteiger partial charge in [0.05, 0.1) is 6.04 Å². The summed E-state index contributed by atoms with van der Waals surface area (Å²) in [6, 6.07) is 17.0. The highest BCUT2D eigenvalue weighted by Gasteiger charge is 2.19. The van der Waals surface area contributed by atoms with E-state index in [1.54, 1.807) is 11.8 Å². The van der Waals surface area contributed by atoms with Gasteiger partial charge in [-0.05, 0) is 41.5 Å². The van der Waals surface area contributed by atoms with Gasteiger partial charge in [-0.15, -0.1) is 10.2 Å². The van der Waals surface area contributed by atoms with Gasteiger partial charge in [-0.2, -0.15) is 0 Å². The molecule has 6 heteroatoms. The van der Waals surface area contributed by atoms with E-state index >= 15 is 0 Å². The Hall–Kier alpha value is -2.57. The molecule has 0 spiro atoms. The van der Waals surface area contributed by atoms with E-state index in [9.17, 15) is 0 Å². The molecule has 0 bridgehead atoms. The number of nitrogens with two attached hydrogens (primary N) is 1. The van der Waals surface area contributed by atoms with Gasteiger partial charge in [0.1, 0.15) is 0 Å². The second-order valence-corrected chi connectivity index (χ2v) is 9.93. The highest BCUT2D eigenvalue weighted by Crippen LogP contribution is 2.28. The van der Waals surface area contributed by atoms with E-state index in [0.717, 1.165) is 35.2 Å².